The molecule has 0 saturated carbocycles. The fourth-order valence-electron chi connectivity index (χ4n) is 2.77. The van der Waals surface area contributed by atoms with Crippen LogP contribution in [0.1, 0.15) is 21.6 Å². The van der Waals surface area contributed by atoms with E-state index in [0.717, 1.165) is 18.7 Å². The van der Waals surface area contributed by atoms with E-state index in [1.54, 1.807) is 11.8 Å². The van der Waals surface area contributed by atoms with Crippen LogP contribution < -0.4 is 4.74 Å². The Morgan fingerprint density at radius 2 is 1.83 bits per heavy atom. The van der Waals surface area contributed by atoms with Crippen molar-refractivity contribution < 1.29 is 9.53 Å². The number of hydrogen-bond acceptors (Lipinski definition) is 5. The maximum Gasteiger partial charge on any atom is 0.280 e. The molecule has 0 N–H and O–H groups in total. The summed E-state index contributed by atoms with van der Waals surface area (Å²) < 4.78 is 7.06. The first kappa shape index (κ1) is 16.4. The second-order valence-corrected chi connectivity index (χ2v) is 6.19. The van der Waals surface area contributed by atoms with Gasteiger partial charge < -0.3 is 14.5 Å². The molecule has 1 saturated heterocycles. The topological polar surface area (TPSA) is 63.5 Å². The van der Waals surface area contributed by atoms with Crippen LogP contribution >= 0.6 is 0 Å². The van der Waals surface area contributed by atoms with Crippen molar-refractivity contribution in [3.8, 4) is 5.88 Å². The highest BCUT2D eigenvalue weighted by Crippen LogP contribution is 2.19. The molecule has 1 aliphatic rings. The lowest BCUT2D eigenvalue weighted by Crippen LogP contribution is -2.47. The van der Waals surface area contributed by atoms with Gasteiger partial charge in [0.15, 0.2) is 0 Å². The van der Waals surface area contributed by atoms with Gasteiger partial charge in [-0.3, -0.25) is 4.79 Å². The molecule has 1 amide bonds. The number of likely N-dealkylation sites (N-methyl/N-ethyl adjacent to an activating group) is 1. The molecule has 1 aromatic carbocycles. The molecular weight excluding hydrogens is 306 g/mol. The summed E-state index contributed by atoms with van der Waals surface area (Å²) in [5.74, 6) is 0.301. The van der Waals surface area contributed by atoms with Crippen LogP contribution in [-0.4, -0.2) is 71.0 Å². The van der Waals surface area contributed by atoms with Crippen molar-refractivity contribution in [1.29, 1.82) is 0 Å². The predicted octanol–water partition coefficient (Wildman–Crippen LogP) is 1.03. The first-order valence-corrected chi connectivity index (χ1v) is 8.09. The molecule has 1 aromatic heterocycles. The first-order valence-electron chi connectivity index (χ1n) is 8.09. The second-order valence-electron chi connectivity index (χ2n) is 6.19. The molecule has 0 atom stereocenters. The van der Waals surface area contributed by atoms with E-state index in [-0.39, 0.29) is 11.6 Å². The smallest absolute Gasteiger partial charge is 0.280 e. The van der Waals surface area contributed by atoms with Crippen LogP contribution in [0.5, 0.6) is 5.88 Å². The molecule has 2 aromatic rings. The lowest BCUT2D eigenvalue weighted by molar-refractivity contribution is 0.0654. The van der Waals surface area contributed by atoms with Crippen LogP contribution in [0.3, 0.4) is 0 Å². The van der Waals surface area contributed by atoms with Crippen molar-refractivity contribution in [2.24, 2.45) is 0 Å². The van der Waals surface area contributed by atoms with Gasteiger partial charge in [-0.2, -0.15) is 0 Å². The summed E-state index contributed by atoms with van der Waals surface area (Å²) in [6.45, 7) is 5.70. The summed E-state index contributed by atoms with van der Waals surface area (Å²) in [5, 5.41) is 8.20. The first-order chi connectivity index (χ1) is 11.6. The molecule has 0 unspecified atom stereocenters. The third kappa shape index (κ3) is 3.41. The van der Waals surface area contributed by atoms with E-state index in [1.807, 2.05) is 24.0 Å². The Hall–Kier alpha value is -2.41. The van der Waals surface area contributed by atoms with Crippen LogP contribution in [0.2, 0.25) is 0 Å². The van der Waals surface area contributed by atoms with E-state index in [1.165, 1.54) is 5.56 Å². The maximum atomic E-state index is 12.7. The van der Waals surface area contributed by atoms with Gasteiger partial charge in [0.2, 0.25) is 11.6 Å². The number of benzene rings is 1. The Bertz CT molecular complexity index is 702. The molecule has 0 radical (unpaired) electrons. The average Bonchev–Trinajstić information content (AvgIpc) is 2.99. The average molecular weight is 329 g/mol. The highest BCUT2D eigenvalue weighted by atomic mass is 16.5. The fraction of sp³-hybridized carbons (Fsp3) is 0.471. The van der Waals surface area contributed by atoms with Crippen molar-refractivity contribution in [2.75, 3.05) is 40.3 Å². The Balaban J connectivity index is 1.78. The summed E-state index contributed by atoms with van der Waals surface area (Å²) in [4.78, 5) is 16.7. The quantitative estimate of drug-likeness (QED) is 0.838. The third-order valence-electron chi connectivity index (χ3n) is 4.33. The lowest BCUT2D eigenvalue weighted by atomic mass is 10.1. The van der Waals surface area contributed by atoms with Crippen LogP contribution in [0.4, 0.5) is 0 Å². The summed E-state index contributed by atoms with van der Waals surface area (Å²) >= 11 is 0. The van der Waals surface area contributed by atoms with E-state index in [0.29, 0.717) is 25.5 Å². The summed E-state index contributed by atoms with van der Waals surface area (Å²) in [7, 11) is 3.60. The molecule has 3 rings (SSSR count). The van der Waals surface area contributed by atoms with Gasteiger partial charge in [-0.1, -0.05) is 35.0 Å². The lowest BCUT2D eigenvalue weighted by Gasteiger charge is -2.31. The van der Waals surface area contributed by atoms with Crippen molar-refractivity contribution in [2.45, 2.75) is 13.5 Å². The maximum absolute atomic E-state index is 12.7. The monoisotopic (exact) mass is 329 g/mol. The minimum atomic E-state index is -0.116. The number of methoxy groups -OCH3 is 1. The summed E-state index contributed by atoms with van der Waals surface area (Å²) in [6, 6.07) is 8.18. The molecule has 24 heavy (non-hydrogen) atoms. The van der Waals surface area contributed by atoms with E-state index >= 15 is 0 Å². The number of piperazine rings is 1. The number of aromatic nitrogens is 3. The minimum Gasteiger partial charge on any atom is -0.479 e. The standard InChI is InChI=1S/C17H23N5O2/c1-13-4-6-14(7-5-13)12-22-17(24-3)15(18-19-22)16(23)21-10-8-20(2)9-11-21/h4-7H,8-12H2,1-3H3. The zero-order valence-corrected chi connectivity index (χ0v) is 14.4. The van der Waals surface area contributed by atoms with Gasteiger partial charge in [0.05, 0.1) is 13.7 Å². The molecule has 7 nitrogen and oxygen atoms in total. The molecule has 0 aliphatic carbocycles. The molecule has 1 aliphatic heterocycles. The zero-order chi connectivity index (χ0) is 17.1. The number of aryl methyl sites for hydroxylation is 1. The zero-order valence-electron chi connectivity index (χ0n) is 14.4. The molecule has 7 heteroatoms. The highest BCUT2D eigenvalue weighted by Gasteiger charge is 2.27. The number of carbonyl (C=O) groups excluding carboxylic acids is 1. The fourth-order valence-corrected chi connectivity index (χ4v) is 2.77. The van der Waals surface area contributed by atoms with Crippen molar-refractivity contribution in [3.05, 3.63) is 41.1 Å². The minimum absolute atomic E-state index is 0.116. The van der Waals surface area contributed by atoms with E-state index < -0.39 is 0 Å². The Morgan fingerprint density at radius 1 is 1.17 bits per heavy atom. The number of rotatable bonds is 4. The van der Waals surface area contributed by atoms with Gasteiger partial charge in [0.1, 0.15) is 0 Å². The molecule has 128 valence electrons. The van der Waals surface area contributed by atoms with Gasteiger partial charge in [0, 0.05) is 26.2 Å². The second kappa shape index (κ2) is 7.00. The van der Waals surface area contributed by atoms with E-state index in [2.05, 4.69) is 34.4 Å². The summed E-state index contributed by atoms with van der Waals surface area (Å²) in [6.07, 6.45) is 0. The number of ether oxygens (including phenoxy) is 1. The molecule has 0 bridgehead atoms. The molecular formula is C17H23N5O2. The normalized spacial score (nSPS) is 15.5. The van der Waals surface area contributed by atoms with Crippen LogP contribution in [0.25, 0.3) is 0 Å². The number of carbonyl (C=O) groups is 1. The Kier molecular flexibility index (Phi) is 4.80. The van der Waals surface area contributed by atoms with Gasteiger partial charge >= 0.3 is 0 Å². The number of nitrogens with zero attached hydrogens (tertiary/aromatic N) is 5. The molecule has 1 fully saturated rings. The summed E-state index contributed by atoms with van der Waals surface area (Å²) in [5.41, 5.74) is 2.58. The van der Waals surface area contributed by atoms with Gasteiger partial charge in [0.25, 0.3) is 5.91 Å². The number of amides is 1. The van der Waals surface area contributed by atoms with E-state index in [4.69, 9.17) is 4.74 Å². The molecule has 0 spiro atoms. The SMILES string of the molecule is COc1c(C(=O)N2CCN(C)CC2)nnn1Cc1ccc(C)cc1. The number of hydrogen-bond donors (Lipinski definition) is 0. The third-order valence-corrected chi connectivity index (χ3v) is 4.33. The Morgan fingerprint density at radius 3 is 2.46 bits per heavy atom. The van der Waals surface area contributed by atoms with Crippen molar-refractivity contribution in [3.63, 3.8) is 0 Å². The van der Waals surface area contributed by atoms with Gasteiger partial charge in [-0.15, -0.1) is 5.10 Å². The largest absolute Gasteiger partial charge is 0.479 e. The predicted molar refractivity (Wildman–Crippen MR) is 90.3 cm³/mol. The van der Waals surface area contributed by atoms with Gasteiger partial charge in [-0.05, 0) is 19.5 Å². The van der Waals surface area contributed by atoms with Crippen LogP contribution in [-0.2, 0) is 6.54 Å². The van der Waals surface area contributed by atoms with Gasteiger partial charge in [-0.25, -0.2) is 4.68 Å². The van der Waals surface area contributed by atoms with Crippen LogP contribution in [0, 0.1) is 6.92 Å². The Labute approximate surface area is 141 Å². The van der Waals surface area contributed by atoms with Crippen molar-refractivity contribution >= 4 is 5.91 Å². The van der Waals surface area contributed by atoms with Crippen LogP contribution in [0.15, 0.2) is 24.3 Å². The van der Waals surface area contributed by atoms with Crippen molar-refractivity contribution in [1.82, 2.24) is 24.8 Å². The highest BCUT2D eigenvalue weighted by molar-refractivity contribution is 5.94. The molecule has 2 heterocycles. The van der Waals surface area contributed by atoms with E-state index in [9.17, 15) is 4.79 Å².